The highest BCUT2D eigenvalue weighted by Crippen LogP contribution is 2.38. The molecule has 0 unspecified atom stereocenters. The van der Waals surface area contributed by atoms with Gasteiger partial charge in [-0.05, 0) is 72.9 Å². The molecule has 2 aliphatic rings. The maximum absolute atomic E-state index is 12.7. The van der Waals surface area contributed by atoms with Crippen LogP contribution in [-0.4, -0.2) is 30.0 Å². The molecule has 0 spiro atoms. The molecule has 0 saturated heterocycles. The van der Waals surface area contributed by atoms with Gasteiger partial charge in [0.15, 0.2) is 6.10 Å². The van der Waals surface area contributed by atoms with Gasteiger partial charge in [0.05, 0.1) is 6.04 Å². The van der Waals surface area contributed by atoms with E-state index in [9.17, 15) is 4.79 Å². The smallest absolute Gasteiger partial charge is 0.261 e. The fraction of sp³-hybridized carbons (Fsp3) is 0.387. The number of ether oxygens (including phenoxy) is 1. The Bertz CT molecular complexity index is 1160. The minimum absolute atomic E-state index is 0.00203. The van der Waals surface area contributed by atoms with E-state index in [1.165, 1.54) is 40.7 Å². The Morgan fingerprint density at radius 1 is 1.06 bits per heavy atom. The highest BCUT2D eigenvalue weighted by Gasteiger charge is 2.30. The van der Waals surface area contributed by atoms with Crippen LogP contribution in [0.5, 0.6) is 5.75 Å². The van der Waals surface area contributed by atoms with Crippen LogP contribution in [0.25, 0.3) is 0 Å². The van der Waals surface area contributed by atoms with Crippen LogP contribution < -0.4 is 10.1 Å². The Hall–Kier alpha value is -3.11. The lowest BCUT2D eigenvalue weighted by atomic mass is 9.87. The van der Waals surface area contributed by atoms with E-state index in [-0.39, 0.29) is 11.9 Å². The van der Waals surface area contributed by atoms with Gasteiger partial charge in [-0.2, -0.15) is 0 Å². The number of hydrogen-bond acceptors (Lipinski definition) is 3. The van der Waals surface area contributed by atoms with Crippen molar-refractivity contribution in [3.8, 4) is 5.75 Å². The normalized spacial score (nSPS) is 18.5. The van der Waals surface area contributed by atoms with E-state index in [0.29, 0.717) is 12.3 Å². The Kier molecular flexibility index (Phi) is 7.19. The first-order chi connectivity index (χ1) is 17.1. The van der Waals surface area contributed by atoms with Crippen molar-refractivity contribution in [2.24, 2.45) is 5.92 Å². The van der Waals surface area contributed by atoms with Crippen LogP contribution in [0.2, 0.25) is 0 Å². The number of nitrogens with one attached hydrogen (secondary N) is 1. The van der Waals surface area contributed by atoms with E-state index in [4.69, 9.17) is 4.74 Å². The number of benzene rings is 3. The second kappa shape index (κ2) is 10.7. The van der Waals surface area contributed by atoms with E-state index in [0.717, 1.165) is 31.8 Å². The van der Waals surface area contributed by atoms with Gasteiger partial charge >= 0.3 is 0 Å². The molecule has 0 bridgehead atoms. The van der Waals surface area contributed by atoms with Gasteiger partial charge in [-0.3, -0.25) is 9.69 Å². The van der Waals surface area contributed by atoms with E-state index < -0.39 is 6.10 Å². The zero-order valence-corrected chi connectivity index (χ0v) is 20.9. The third-order valence-electron chi connectivity index (χ3n) is 7.23. The van der Waals surface area contributed by atoms with Crippen molar-refractivity contribution in [3.63, 3.8) is 0 Å². The third-order valence-corrected chi connectivity index (χ3v) is 7.23. The fourth-order valence-electron chi connectivity index (χ4n) is 5.13. The van der Waals surface area contributed by atoms with Crippen LogP contribution in [0.3, 0.4) is 0 Å². The van der Waals surface area contributed by atoms with Crippen molar-refractivity contribution in [1.82, 2.24) is 10.2 Å². The predicted molar refractivity (Wildman–Crippen MR) is 140 cm³/mol. The van der Waals surface area contributed by atoms with Crippen LogP contribution in [0, 0.1) is 12.8 Å². The second-order valence-electron chi connectivity index (χ2n) is 10.1. The topological polar surface area (TPSA) is 41.6 Å². The van der Waals surface area contributed by atoms with Crippen molar-refractivity contribution in [1.29, 1.82) is 0 Å². The van der Waals surface area contributed by atoms with Gasteiger partial charge in [0.2, 0.25) is 0 Å². The number of carbonyl (C=O) groups excluding carboxylic acids is 1. The highest BCUT2D eigenvalue weighted by molar-refractivity contribution is 5.81. The van der Waals surface area contributed by atoms with Gasteiger partial charge < -0.3 is 10.1 Å². The summed E-state index contributed by atoms with van der Waals surface area (Å²) in [7, 11) is 0. The average Bonchev–Trinajstić information content (AvgIpc) is 3.71. The molecule has 0 radical (unpaired) electrons. The molecule has 1 N–H and O–H groups in total. The van der Waals surface area contributed by atoms with Crippen LogP contribution in [0.15, 0.2) is 72.8 Å². The summed E-state index contributed by atoms with van der Waals surface area (Å²) in [6.07, 6.45) is 3.64. The van der Waals surface area contributed by atoms with Crippen LogP contribution >= 0.6 is 0 Å². The number of carbonyl (C=O) groups is 1. The molecule has 1 amide bonds. The predicted octanol–water partition coefficient (Wildman–Crippen LogP) is 5.83. The summed E-state index contributed by atoms with van der Waals surface area (Å²) in [5, 5.41) is 3.08. The molecule has 2 atom stereocenters. The second-order valence-corrected chi connectivity index (χ2v) is 10.1. The molecule has 4 nitrogen and oxygen atoms in total. The number of hydrogen-bond donors (Lipinski definition) is 1. The first-order valence-electron chi connectivity index (χ1n) is 13.0. The number of aryl methyl sites for hydroxylation is 1. The highest BCUT2D eigenvalue weighted by atomic mass is 16.5. The van der Waals surface area contributed by atoms with E-state index >= 15 is 0 Å². The van der Waals surface area contributed by atoms with Gasteiger partial charge in [-0.25, -0.2) is 0 Å². The Balaban J connectivity index is 1.41. The lowest BCUT2D eigenvalue weighted by Crippen LogP contribution is -2.39. The summed E-state index contributed by atoms with van der Waals surface area (Å²) in [5.74, 6) is 1.43. The van der Waals surface area contributed by atoms with Crippen LogP contribution in [0.4, 0.5) is 0 Å². The average molecular weight is 469 g/mol. The summed E-state index contributed by atoms with van der Waals surface area (Å²) >= 11 is 0. The minimum Gasteiger partial charge on any atom is -0.481 e. The largest absolute Gasteiger partial charge is 0.481 e. The molecule has 3 aromatic rings. The molecule has 3 aromatic carbocycles. The molecule has 1 heterocycles. The zero-order chi connectivity index (χ0) is 24.2. The number of nitrogens with zero attached hydrogens (tertiary/aromatic N) is 1. The summed E-state index contributed by atoms with van der Waals surface area (Å²) in [6, 6.07) is 26.1. The quantitative estimate of drug-likeness (QED) is 0.430. The SMILES string of the molecule is CC[C@@H](Oc1ccc2c(c1)[C@H](c1ccccc1)N(Cc1cccc(C)c1)CC2)C(=O)NCC1CC1. The Morgan fingerprint density at radius 2 is 1.89 bits per heavy atom. The Labute approximate surface area is 209 Å². The molecule has 1 aliphatic carbocycles. The van der Waals surface area contributed by atoms with Crippen molar-refractivity contribution in [3.05, 3.63) is 101 Å². The fourth-order valence-corrected chi connectivity index (χ4v) is 5.13. The summed E-state index contributed by atoms with van der Waals surface area (Å²) in [4.78, 5) is 15.3. The summed E-state index contributed by atoms with van der Waals surface area (Å²) < 4.78 is 6.27. The van der Waals surface area contributed by atoms with Crippen molar-refractivity contribution in [2.45, 2.75) is 58.2 Å². The molecule has 4 heteroatoms. The van der Waals surface area contributed by atoms with E-state index in [1.807, 2.05) is 13.0 Å². The molecule has 0 aromatic heterocycles. The van der Waals surface area contributed by atoms with Crippen molar-refractivity contribution in [2.75, 3.05) is 13.1 Å². The maximum Gasteiger partial charge on any atom is 0.261 e. The molecule has 5 rings (SSSR count). The molecule has 182 valence electrons. The van der Waals surface area contributed by atoms with E-state index in [2.05, 4.69) is 83.9 Å². The maximum atomic E-state index is 12.7. The number of rotatable bonds is 9. The molecule has 1 aliphatic heterocycles. The van der Waals surface area contributed by atoms with Crippen LogP contribution in [-0.2, 0) is 17.8 Å². The van der Waals surface area contributed by atoms with Crippen molar-refractivity contribution >= 4 is 5.91 Å². The molecule has 1 saturated carbocycles. The summed E-state index contributed by atoms with van der Waals surface area (Å²) in [5.41, 5.74) is 6.55. The van der Waals surface area contributed by atoms with Gasteiger partial charge in [0.1, 0.15) is 5.75 Å². The number of amides is 1. The van der Waals surface area contributed by atoms with Gasteiger partial charge in [-0.1, -0.05) is 73.2 Å². The van der Waals surface area contributed by atoms with E-state index in [1.54, 1.807) is 0 Å². The molecular weight excluding hydrogens is 432 g/mol. The van der Waals surface area contributed by atoms with Gasteiger partial charge in [0, 0.05) is 19.6 Å². The lowest BCUT2D eigenvalue weighted by Gasteiger charge is -2.38. The molecule has 1 fully saturated rings. The third kappa shape index (κ3) is 5.76. The lowest BCUT2D eigenvalue weighted by molar-refractivity contribution is -0.128. The summed E-state index contributed by atoms with van der Waals surface area (Å²) in [6.45, 7) is 6.83. The monoisotopic (exact) mass is 468 g/mol. The number of fused-ring (bicyclic) bond motifs is 1. The van der Waals surface area contributed by atoms with Crippen molar-refractivity contribution < 1.29 is 9.53 Å². The standard InChI is InChI=1S/C31H36N2O2/c1-3-29(31(34)32-20-23-12-13-23)35-27-15-14-25-16-17-33(21-24-9-7-8-22(2)18-24)30(28(25)19-27)26-10-5-4-6-11-26/h4-11,14-15,18-19,23,29-30H,3,12-13,16-17,20-21H2,1-2H3,(H,32,34)/t29-,30+/m1/s1. The Morgan fingerprint density at radius 3 is 2.63 bits per heavy atom. The first-order valence-corrected chi connectivity index (χ1v) is 13.0. The molecule has 35 heavy (non-hydrogen) atoms. The molecular formula is C31H36N2O2. The minimum atomic E-state index is -0.464. The zero-order valence-electron chi connectivity index (χ0n) is 20.9. The van der Waals surface area contributed by atoms with Crippen LogP contribution in [0.1, 0.15) is 60.0 Å². The van der Waals surface area contributed by atoms with Gasteiger partial charge in [-0.15, -0.1) is 0 Å². The van der Waals surface area contributed by atoms with Gasteiger partial charge in [0.25, 0.3) is 5.91 Å². The first kappa shape index (κ1) is 23.6.